The van der Waals surface area contributed by atoms with Crippen molar-refractivity contribution in [1.82, 2.24) is 0 Å². The van der Waals surface area contributed by atoms with Crippen molar-refractivity contribution in [2.45, 2.75) is 26.7 Å². The van der Waals surface area contributed by atoms with Gasteiger partial charge in [-0.25, -0.2) is 0 Å². The molecule has 0 radical (unpaired) electrons. The molecule has 0 fully saturated rings. The van der Waals surface area contributed by atoms with Gasteiger partial charge in [0.2, 0.25) is 0 Å². The predicted octanol–water partition coefficient (Wildman–Crippen LogP) is 2.20. The number of hydrogen-bond acceptors (Lipinski definition) is 1. The Labute approximate surface area is 93.1 Å². The van der Waals surface area contributed by atoms with Gasteiger partial charge in [-0.1, -0.05) is 32.0 Å². The number of para-hydroxylation sites is 1. The molecule has 13 heavy (non-hydrogen) atoms. The summed E-state index contributed by atoms with van der Waals surface area (Å²) in [6, 6.07) is 6.51. The molecule has 0 aliphatic rings. The van der Waals surface area contributed by atoms with E-state index in [0.717, 1.165) is 12.8 Å². The molecule has 0 spiro atoms. The molecular weight excluding hydrogens is 153 g/mol. The van der Waals surface area contributed by atoms with E-state index in [9.17, 15) is 0 Å². The average molecular weight is 171 g/mol. The van der Waals surface area contributed by atoms with Gasteiger partial charge in [-0.3, -0.25) is 0 Å². The number of aryl methyl sites for hydroxylation is 2. The molecule has 1 N–H and O–H groups in total. The van der Waals surface area contributed by atoms with Crippen LogP contribution in [-0.2, 0) is 12.8 Å². The van der Waals surface area contributed by atoms with Gasteiger partial charge in [0.05, 0.1) is 0 Å². The molecule has 0 aromatic heterocycles. The number of rotatable bonds is 3. The van der Waals surface area contributed by atoms with Crippen LogP contribution in [0.1, 0.15) is 25.0 Å². The van der Waals surface area contributed by atoms with Gasteiger partial charge in [0.25, 0.3) is 0 Å². The predicted molar refractivity (Wildman–Crippen MR) is 61.9 cm³/mol. The first kappa shape index (κ1) is 12.6. The van der Waals surface area contributed by atoms with E-state index >= 15 is 0 Å². The van der Waals surface area contributed by atoms with E-state index in [2.05, 4.69) is 37.4 Å². The molecule has 1 aromatic rings. The van der Waals surface area contributed by atoms with Gasteiger partial charge in [0.1, 0.15) is 0 Å². The summed E-state index contributed by atoms with van der Waals surface area (Å²) < 4.78 is 0. The minimum atomic E-state index is 0. The zero-order valence-electron chi connectivity index (χ0n) is 8.15. The van der Waals surface area contributed by atoms with E-state index in [-0.39, 0.29) is 18.9 Å². The fourth-order valence-electron chi connectivity index (χ4n) is 1.56. The van der Waals surface area contributed by atoms with Crippen LogP contribution in [0.15, 0.2) is 18.2 Å². The molecule has 0 atom stereocenters. The number of hydrogen-bond donors (Lipinski definition) is 1. The molecular formula is C11H18LiN. The third-order valence-corrected chi connectivity index (χ3v) is 2.25. The van der Waals surface area contributed by atoms with Crippen LogP contribution in [0.2, 0.25) is 0 Å². The Kier molecular flexibility index (Phi) is 5.95. The summed E-state index contributed by atoms with van der Waals surface area (Å²) in [5.74, 6) is 0. The van der Waals surface area contributed by atoms with Crippen molar-refractivity contribution in [1.29, 1.82) is 0 Å². The van der Waals surface area contributed by atoms with Gasteiger partial charge in [0, 0.05) is 12.7 Å². The van der Waals surface area contributed by atoms with Crippen LogP contribution >= 0.6 is 0 Å². The van der Waals surface area contributed by atoms with Gasteiger partial charge in [-0.15, -0.1) is 0 Å². The molecule has 0 amide bonds. The van der Waals surface area contributed by atoms with E-state index in [0.29, 0.717) is 0 Å². The SMILES string of the molecule is CCc1cccc(CC)c1NC.[LiH]. The van der Waals surface area contributed by atoms with Gasteiger partial charge < -0.3 is 5.32 Å². The minimum absolute atomic E-state index is 0. The van der Waals surface area contributed by atoms with E-state index < -0.39 is 0 Å². The van der Waals surface area contributed by atoms with Crippen molar-refractivity contribution >= 4 is 24.5 Å². The third kappa shape index (κ3) is 2.79. The third-order valence-electron chi connectivity index (χ3n) is 2.25. The Morgan fingerprint density at radius 3 is 1.85 bits per heavy atom. The second-order valence-corrected chi connectivity index (χ2v) is 2.91. The van der Waals surface area contributed by atoms with Crippen molar-refractivity contribution in [3.63, 3.8) is 0 Å². The van der Waals surface area contributed by atoms with Gasteiger partial charge in [-0.2, -0.15) is 0 Å². The number of benzene rings is 1. The molecule has 0 saturated carbocycles. The molecule has 2 heteroatoms. The summed E-state index contributed by atoms with van der Waals surface area (Å²) in [5, 5.41) is 3.27. The first-order valence-corrected chi connectivity index (χ1v) is 4.62. The molecule has 1 aromatic carbocycles. The van der Waals surface area contributed by atoms with E-state index in [4.69, 9.17) is 0 Å². The van der Waals surface area contributed by atoms with Gasteiger partial charge >= 0.3 is 18.9 Å². The average Bonchev–Trinajstić information content (AvgIpc) is 2.16. The monoisotopic (exact) mass is 171 g/mol. The standard InChI is InChI=1S/C11H17N.Li.H/c1-4-9-7-6-8-10(5-2)11(9)12-3;;/h6-8,12H,4-5H2,1-3H3;;. The summed E-state index contributed by atoms with van der Waals surface area (Å²) in [5.41, 5.74) is 4.15. The van der Waals surface area contributed by atoms with Crippen molar-refractivity contribution in [3.05, 3.63) is 29.3 Å². The first-order valence-electron chi connectivity index (χ1n) is 4.62. The zero-order chi connectivity index (χ0) is 8.97. The summed E-state index contributed by atoms with van der Waals surface area (Å²) in [4.78, 5) is 0. The second kappa shape index (κ2) is 6.13. The fourth-order valence-corrected chi connectivity index (χ4v) is 1.56. The molecule has 1 nitrogen and oxygen atoms in total. The van der Waals surface area contributed by atoms with Crippen LogP contribution in [0, 0.1) is 0 Å². The van der Waals surface area contributed by atoms with Gasteiger partial charge in [-0.05, 0) is 24.0 Å². The molecule has 0 heterocycles. The molecule has 0 aliphatic heterocycles. The Morgan fingerprint density at radius 2 is 1.54 bits per heavy atom. The Bertz CT molecular complexity index is 236. The van der Waals surface area contributed by atoms with Crippen LogP contribution in [0.4, 0.5) is 5.69 Å². The summed E-state index contributed by atoms with van der Waals surface area (Å²) in [7, 11) is 1.99. The van der Waals surface area contributed by atoms with Crippen molar-refractivity contribution < 1.29 is 0 Å². The normalized spacial score (nSPS) is 9.15. The van der Waals surface area contributed by atoms with Crippen molar-refractivity contribution in [2.24, 2.45) is 0 Å². The molecule has 0 bridgehead atoms. The van der Waals surface area contributed by atoms with Crippen LogP contribution < -0.4 is 5.32 Å². The molecule has 0 aliphatic carbocycles. The van der Waals surface area contributed by atoms with Crippen LogP contribution in [0.5, 0.6) is 0 Å². The quantitative estimate of drug-likeness (QED) is 0.687. The van der Waals surface area contributed by atoms with Crippen molar-refractivity contribution in [3.8, 4) is 0 Å². The zero-order valence-corrected chi connectivity index (χ0v) is 8.15. The Morgan fingerprint density at radius 1 is 1.08 bits per heavy atom. The Hall–Kier alpha value is -0.383. The van der Waals surface area contributed by atoms with Crippen LogP contribution in [-0.4, -0.2) is 25.9 Å². The van der Waals surface area contributed by atoms with Crippen LogP contribution in [0.25, 0.3) is 0 Å². The molecule has 0 unspecified atom stereocenters. The fraction of sp³-hybridized carbons (Fsp3) is 0.455. The van der Waals surface area contributed by atoms with Gasteiger partial charge in [0.15, 0.2) is 0 Å². The first-order chi connectivity index (χ1) is 5.83. The van der Waals surface area contributed by atoms with E-state index in [1.807, 2.05) is 7.05 Å². The second-order valence-electron chi connectivity index (χ2n) is 2.91. The number of anilines is 1. The maximum absolute atomic E-state index is 3.27. The summed E-state index contributed by atoms with van der Waals surface area (Å²) in [6.07, 6.45) is 2.20. The topological polar surface area (TPSA) is 12.0 Å². The maximum atomic E-state index is 3.27. The number of nitrogens with one attached hydrogen (secondary N) is 1. The Balaban J connectivity index is 0.00000144. The van der Waals surface area contributed by atoms with E-state index in [1.54, 1.807) is 0 Å². The van der Waals surface area contributed by atoms with Crippen LogP contribution in [0.3, 0.4) is 0 Å². The summed E-state index contributed by atoms with van der Waals surface area (Å²) >= 11 is 0. The summed E-state index contributed by atoms with van der Waals surface area (Å²) in [6.45, 7) is 4.38. The molecule has 1 rings (SSSR count). The molecule has 0 saturated heterocycles. The van der Waals surface area contributed by atoms with E-state index in [1.165, 1.54) is 16.8 Å². The molecule has 68 valence electrons. The van der Waals surface area contributed by atoms with Crippen molar-refractivity contribution in [2.75, 3.05) is 12.4 Å².